The molecule has 0 spiro atoms. The van der Waals surface area contributed by atoms with Crippen molar-refractivity contribution in [3.8, 4) is 6.07 Å². The van der Waals surface area contributed by atoms with Crippen LogP contribution in [0, 0.1) is 11.3 Å². The van der Waals surface area contributed by atoms with Crippen LogP contribution in [-0.4, -0.2) is 34.8 Å². The molecule has 1 aromatic carbocycles. The third kappa shape index (κ3) is 7.31. The number of nitrogens with zero attached hydrogens (tertiary/aromatic N) is 3. The molecule has 0 atom stereocenters. The smallest absolute Gasteiger partial charge is 0.266 e. The van der Waals surface area contributed by atoms with Crippen LogP contribution in [0.5, 0.6) is 0 Å². The minimum absolute atomic E-state index is 0.0270. The molecule has 0 saturated heterocycles. The van der Waals surface area contributed by atoms with Crippen LogP contribution < -0.4 is 0 Å². The van der Waals surface area contributed by atoms with E-state index in [-0.39, 0.29) is 17.5 Å². The molecule has 1 aromatic rings. The highest BCUT2D eigenvalue weighted by Crippen LogP contribution is 2.13. The highest BCUT2D eigenvalue weighted by molar-refractivity contribution is 5.97. The van der Waals surface area contributed by atoms with Gasteiger partial charge in [0.1, 0.15) is 11.6 Å². The van der Waals surface area contributed by atoms with Crippen molar-refractivity contribution in [2.24, 2.45) is 0 Å². The molecule has 142 valence electrons. The summed E-state index contributed by atoms with van der Waals surface area (Å²) in [5, 5.41) is 9.60. The standard InChI is InChI=1S/C22H33N3O/c1-5-7-14-24(15-8-6-2)18-21(16-23)22(26)25(19(3)4)17-20-12-10-9-11-13-20/h9-13,18-19H,5-8,14-15,17H2,1-4H3/b21-18-. The Morgan fingerprint density at radius 2 is 1.69 bits per heavy atom. The fourth-order valence-corrected chi connectivity index (χ4v) is 2.70. The van der Waals surface area contributed by atoms with Crippen LogP contribution in [0.1, 0.15) is 58.9 Å². The van der Waals surface area contributed by atoms with Gasteiger partial charge in [-0.05, 0) is 32.3 Å². The van der Waals surface area contributed by atoms with Crippen LogP contribution in [0.15, 0.2) is 42.1 Å². The number of rotatable bonds is 11. The highest BCUT2D eigenvalue weighted by Gasteiger charge is 2.22. The SMILES string of the molecule is CCCCN(/C=C(/C#N)C(=O)N(Cc1ccccc1)C(C)C)CCCC. The molecule has 0 aliphatic carbocycles. The van der Waals surface area contributed by atoms with Crippen molar-refractivity contribution in [2.75, 3.05) is 13.1 Å². The molecular formula is C22H33N3O. The quantitative estimate of drug-likeness (QED) is 0.426. The normalized spacial score (nSPS) is 11.3. The van der Waals surface area contributed by atoms with Gasteiger partial charge in [-0.1, -0.05) is 57.0 Å². The van der Waals surface area contributed by atoms with Gasteiger partial charge >= 0.3 is 0 Å². The van der Waals surface area contributed by atoms with Gasteiger partial charge in [-0.2, -0.15) is 5.26 Å². The first kappa shape index (κ1) is 21.8. The Bertz CT molecular complexity index is 594. The first-order chi connectivity index (χ1) is 12.5. The number of hydrogen-bond acceptors (Lipinski definition) is 3. The van der Waals surface area contributed by atoms with E-state index in [1.54, 1.807) is 11.1 Å². The number of hydrogen-bond donors (Lipinski definition) is 0. The second kappa shape index (κ2) is 12.1. The van der Waals surface area contributed by atoms with Gasteiger partial charge in [-0.3, -0.25) is 4.79 Å². The van der Waals surface area contributed by atoms with E-state index in [1.165, 1.54) is 0 Å². The molecule has 4 heteroatoms. The fraction of sp³-hybridized carbons (Fsp3) is 0.545. The molecule has 0 aromatic heterocycles. The Kier molecular flexibility index (Phi) is 10.2. The first-order valence-corrected chi connectivity index (χ1v) is 9.74. The van der Waals surface area contributed by atoms with Crippen molar-refractivity contribution in [3.05, 3.63) is 47.7 Å². The molecule has 0 aliphatic rings. The van der Waals surface area contributed by atoms with Crippen molar-refractivity contribution in [3.63, 3.8) is 0 Å². The molecule has 0 unspecified atom stereocenters. The van der Waals surface area contributed by atoms with Crippen LogP contribution in [0.4, 0.5) is 0 Å². The summed E-state index contributed by atoms with van der Waals surface area (Å²) in [6.45, 7) is 10.6. The zero-order valence-electron chi connectivity index (χ0n) is 16.7. The van der Waals surface area contributed by atoms with Gasteiger partial charge in [0.15, 0.2) is 0 Å². The number of benzene rings is 1. The van der Waals surface area contributed by atoms with Gasteiger partial charge in [0.2, 0.25) is 0 Å². The van der Waals surface area contributed by atoms with Gasteiger partial charge in [-0.15, -0.1) is 0 Å². The lowest BCUT2D eigenvalue weighted by Gasteiger charge is -2.27. The minimum Gasteiger partial charge on any atom is -0.376 e. The van der Waals surface area contributed by atoms with E-state index in [2.05, 4.69) is 24.8 Å². The lowest BCUT2D eigenvalue weighted by molar-refractivity contribution is -0.129. The van der Waals surface area contributed by atoms with Gasteiger partial charge in [0.25, 0.3) is 5.91 Å². The largest absolute Gasteiger partial charge is 0.376 e. The van der Waals surface area contributed by atoms with Gasteiger partial charge in [0.05, 0.1) is 0 Å². The number of nitriles is 1. The molecule has 26 heavy (non-hydrogen) atoms. The van der Waals surface area contributed by atoms with Crippen LogP contribution in [0.25, 0.3) is 0 Å². The van der Waals surface area contributed by atoms with Crippen LogP contribution in [0.2, 0.25) is 0 Å². The maximum Gasteiger partial charge on any atom is 0.266 e. The average molecular weight is 356 g/mol. The molecular weight excluding hydrogens is 322 g/mol. The molecule has 0 heterocycles. The Balaban J connectivity index is 2.98. The maximum absolute atomic E-state index is 13.0. The van der Waals surface area contributed by atoms with Gasteiger partial charge in [0, 0.05) is 31.9 Å². The van der Waals surface area contributed by atoms with E-state index < -0.39 is 0 Å². The predicted octanol–water partition coefficient (Wildman–Crippen LogP) is 4.73. The van der Waals surface area contributed by atoms with E-state index in [4.69, 9.17) is 0 Å². The summed E-state index contributed by atoms with van der Waals surface area (Å²) in [5.74, 6) is -0.190. The summed E-state index contributed by atoms with van der Waals surface area (Å²) in [7, 11) is 0. The van der Waals surface area contributed by atoms with Crippen molar-refractivity contribution < 1.29 is 4.79 Å². The highest BCUT2D eigenvalue weighted by atomic mass is 16.2. The summed E-state index contributed by atoms with van der Waals surface area (Å²) in [4.78, 5) is 16.9. The molecule has 0 saturated carbocycles. The Labute approximate surface area is 159 Å². The monoisotopic (exact) mass is 355 g/mol. The van der Waals surface area contributed by atoms with E-state index in [9.17, 15) is 10.1 Å². The van der Waals surface area contributed by atoms with E-state index in [0.29, 0.717) is 6.54 Å². The lowest BCUT2D eigenvalue weighted by Crippen LogP contribution is -2.37. The number of carbonyl (C=O) groups excluding carboxylic acids is 1. The molecule has 1 amide bonds. The van der Waals surface area contributed by atoms with Crippen molar-refractivity contribution in [1.29, 1.82) is 5.26 Å². The second-order valence-electron chi connectivity index (χ2n) is 6.91. The van der Waals surface area contributed by atoms with Crippen molar-refractivity contribution >= 4 is 5.91 Å². The van der Waals surface area contributed by atoms with E-state index in [1.807, 2.05) is 44.2 Å². The van der Waals surface area contributed by atoms with Gasteiger partial charge in [-0.25, -0.2) is 0 Å². The summed E-state index contributed by atoms with van der Waals surface area (Å²) in [5.41, 5.74) is 1.29. The molecule has 0 aliphatic heterocycles. The number of unbranched alkanes of at least 4 members (excludes halogenated alkanes) is 2. The molecule has 1 rings (SSSR count). The number of carbonyl (C=O) groups is 1. The predicted molar refractivity (Wildman–Crippen MR) is 107 cm³/mol. The molecule has 0 bridgehead atoms. The second-order valence-corrected chi connectivity index (χ2v) is 6.91. The van der Waals surface area contributed by atoms with Crippen molar-refractivity contribution in [2.45, 2.75) is 66.0 Å². The zero-order chi connectivity index (χ0) is 19.4. The maximum atomic E-state index is 13.0. The van der Waals surface area contributed by atoms with Crippen LogP contribution in [0.3, 0.4) is 0 Å². The molecule has 0 fully saturated rings. The average Bonchev–Trinajstić information content (AvgIpc) is 2.65. The van der Waals surface area contributed by atoms with E-state index >= 15 is 0 Å². The summed E-state index contributed by atoms with van der Waals surface area (Å²) < 4.78 is 0. The van der Waals surface area contributed by atoms with Crippen LogP contribution in [-0.2, 0) is 11.3 Å². The topological polar surface area (TPSA) is 47.3 Å². The first-order valence-electron chi connectivity index (χ1n) is 9.74. The number of amides is 1. The Morgan fingerprint density at radius 3 is 2.15 bits per heavy atom. The third-order valence-corrected chi connectivity index (χ3v) is 4.34. The Morgan fingerprint density at radius 1 is 1.12 bits per heavy atom. The Hall–Kier alpha value is -2.28. The minimum atomic E-state index is -0.190. The third-order valence-electron chi connectivity index (χ3n) is 4.34. The van der Waals surface area contributed by atoms with Crippen LogP contribution >= 0.6 is 0 Å². The molecule has 0 N–H and O–H groups in total. The van der Waals surface area contributed by atoms with E-state index in [0.717, 1.165) is 44.3 Å². The molecule has 0 radical (unpaired) electrons. The zero-order valence-corrected chi connectivity index (χ0v) is 16.7. The fourth-order valence-electron chi connectivity index (χ4n) is 2.70. The van der Waals surface area contributed by atoms with Gasteiger partial charge < -0.3 is 9.80 Å². The van der Waals surface area contributed by atoms with Crippen molar-refractivity contribution in [1.82, 2.24) is 9.80 Å². The summed E-state index contributed by atoms with van der Waals surface area (Å²) in [6.07, 6.45) is 6.08. The molecule has 4 nitrogen and oxygen atoms in total. The lowest BCUT2D eigenvalue weighted by atomic mass is 10.1. The summed E-state index contributed by atoms with van der Waals surface area (Å²) in [6, 6.07) is 12.1. The summed E-state index contributed by atoms with van der Waals surface area (Å²) >= 11 is 0.